The molecule has 2 rings (SSSR count). The molecule has 1 aliphatic carbocycles. The zero-order chi connectivity index (χ0) is 18.0. The molecule has 132 valence electrons. The first kappa shape index (κ1) is 18.4. The van der Waals surface area contributed by atoms with E-state index in [-0.39, 0.29) is 29.5 Å². The summed E-state index contributed by atoms with van der Waals surface area (Å²) in [4.78, 5) is 23.2. The van der Waals surface area contributed by atoms with Gasteiger partial charge in [-0.25, -0.2) is 13.1 Å². The fourth-order valence-corrected chi connectivity index (χ4v) is 3.34. The standard InChI is InChI=1S/C16H22N2O5S/c1-16(2,15(20)21)8-9-17-14(19)11-4-3-5-13(10-11)24(22,23)18-12-6-7-12/h3-5,10,12,18H,6-9H2,1-2H3,(H,17,19)(H,20,21). The Morgan fingerprint density at radius 3 is 2.54 bits per heavy atom. The maximum Gasteiger partial charge on any atom is 0.309 e. The predicted molar refractivity (Wildman–Crippen MR) is 88.2 cm³/mol. The first-order chi connectivity index (χ1) is 11.1. The van der Waals surface area contributed by atoms with Gasteiger partial charge in [0.2, 0.25) is 10.0 Å². The molecule has 3 N–H and O–H groups in total. The van der Waals surface area contributed by atoms with Crippen molar-refractivity contribution in [3.05, 3.63) is 29.8 Å². The number of carboxylic acid groups (broad SMARTS) is 1. The Hall–Kier alpha value is -1.93. The lowest BCUT2D eigenvalue weighted by Gasteiger charge is -2.18. The zero-order valence-corrected chi connectivity index (χ0v) is 14.5. The molecule has 0 radical (unpaired) electrons. The van der Waals surface area contributed by atoms with E-state index in [1.165, 1.54) is 24.3 Å². The van der Waals surface area contributed by atoms with Crippen molar-refractivity contribution in [1.29, 1.82) is 0 Å². The predicted octanol–water partition coefficient (Wildman–Crippen LogP) is 1.36. The summed E-state index contributed by atoms with van der Waals surface area (Å²) in [6.07, 6.45) is 1.94. The first-order valence-electron chi connectivity index (χ1n) is 7.76. The highest BCUT2D eigenvalue weighted by atomic mass is 32.2. The summed E-state index contributed by atoms with van der Waals surface area (Å²) < 4.78 is 26.9. The number of nitrogens with one attached hydrogen (secondary N) is 2. The van der Waals surface area contributed by atoms with Crippen molar-refractivity contribution in [3.8, 4) is 0 Å². The molecule has 0 aliphatic heterocycles. The monoisotopic (exact) mass is 354 g/mol. The number of rotatable bonds is 8. The lowest BCUT2D eigenvalue weighted by atomic mass is 9.90. The molecule has 1 amide bonds. The van der Waals surface area contributed by atoms with Crippen molar-refractivity contribution in [2.24, 2.45) is 5.41 Å². The van der Waals surface area contributed by atoms with Gasteiger partial charge in [0.25, 0.3) is 5.91 Å². The van der Waals surface area contributed by atoms with Crippen LogP contribution in [0, 0.1) is 5.41 Å². The Morgan fingerprint density at radius 2 is 1.96 bits per heavy atom. The molecule has 1 aliphatic rings. The Morgan fingerprint density at radius 1 is 1.29 bits per heavy atom. The fourth-order valence-electron chi connectivity index (χ4n) is 1.99. The number of carbonyl (C=O) groups is 2. The number of carboxylic acids is 1. The highest BCUT2D eigenvalue weighted by Gasteiger charge is 2.29. The van der Waals surface area contributed by atoms with E-state index in [0.29, 0.717) is 0 Å². The van der Waals surface area contributed by atoms with Crippen LogP contribution >= 0.6 is 0 Å². The van der Waals surface area contributed by atoms with Gasteiger partial charge in [0, 0.05) is 18.2 Å². The van der Waals surface area contributed by atoms with Crippen molar-refractivity contribution in [2.75, 3.05) is 6.54 Å². The van der Waals surface area contributed by atoms with Crippen molar-refractivity contribution in [3.63, 3.8) is 0 Å². The van der Waals surface area contributed by atoms with Crippen LogP contribution in [0.4, 0.5) is 0 Å². The molecule has 24 heavy (non-hydrogen) atoms. The molecular weight excluding hydrogens is 332 g/mol. The number of sulfonamides is 1. The lowest BCUT2D eigenvalue weighted by Crippen LogP contribution is -2.32. The Bertz CT molecular complexity index is 739. The van der Waals surface area contributed by atoms with Crippen molar-refractivity contribution in [2.45, 2.75) is 44.0 Å². The lowest BCUT2D eigenvalue weighted by molar-refractivity contribution is -0.147. The average molecular weight is 354 g/mol. The quantitative estimate of drug-likeness (QED) is 0.652. The molecular formula is C16H22N2O5S. The SMILES string of the molecule is CC(C)(CCNC(=O)c1cccc(S(=O)(=O)NC2CC2)c1)C(=O)O. The normalized spacial score (nSPS) is 15.1. The minimum Gasteiger partial charge on any atom is -0.481 e. The highest BCUT2D eigenvalue weighted by molar-refractivity contribution is 7.89. The van der Waals surface area contributed by atoms with Crippen LogP contribution in [0.25, 0.3) is 0 Å². The van der Waals surface area contributed by atoms with Crippen LogP contribution in [0.2, 0.25) is 0 Å². The summed E-state index contributed by atoms with van der Waals surface area (Å²) in [5, 5.41) is 11.7. The second-order valence-electron chi connectivity index (χ2n) is 6.62. The molecule has 0 atom stereocenters. The zero-order valence-electron chi connectivity index (χ0n) is 13.7. The van der Waals surface area contributed by atoms with Gasteiger partial charge >= 0.3 is 5.97 Å². The van der Waals surface area contributed by atoms with E-state index < -0.39 is 27.3 Å². The number of benzene rings is 1. The number of carbonyl (C=O) groups excluding carboxylic acids is 1. The second kappa shape index (κ2) is 6.90. The molecule has 0 bridgehead atoms. The highest BCUT2D eigenvalue weighted by Crippen LogP contribution is 2.22. The maximum absolute atomic E-state index is 12.2. The number of hydrogen-bond donors (Lipinski definition) is 3. The van der Waals surface area contributed by atoms with Gasteiger partial charge in [0.05, 0.1) is 10.3 Å². The average Bonchev–Trinajstić information content (AvgIpc) is 3.30. The second-order valence-corrected chi connectivity index (χ2v) is 8.33. The molecule has 1 aromatic carbocycles. The van der Waals surface area contributed by atoms with Crippen LogP contribution < -0.4 is 10.0 Å². The molecule has 0 saturated heterocycles. The molecule has 1 saturated carbocycles. The van der Waals surface area contributed by atoms with Crippen LogP contribution in [-0.4, -0.2) is 38.0 Å². The molecule has 0 aromatic heterocycles. The summed E-state index contributed by atoms with van der Waals surface area (Å²) >= 11 is 0. The van der Waals surface area contributed by atoms with Gasteiger partial charge < -0.3 is 10.4 Å². The molecule has 1 fully saturated rings. The number of hydrogen-bond acceptors (Lipinski definition) is 4. The van der Waals surface area contributed by atoms with E-state index in [2.05, 4.69) is 10.0 Å². The van der Waals surface area contributed by atoms with Gasteiger partial charge in [-0.05, 0) is 51.3 Å². The molecule has 1 aromatic rings. The number of amides is 1. The fraction of sp³-hybridized carbons (Fsp3) is 0.500. The van der Waals surface area contributed by atoms with Crippen molar-refractivity contribution in [1.82, 2.24) is 10.0 Å². The van der Waals surface area contributed by atoms with Gasteiger partial charge in [-0.15, -0.1) is 0 Å². The third-order valence-corrected chi connectivity index (χ3v) is 5.44. The minimum atomic E-state index is -3.62. The van der Waals surface area contributed by atoms with Gasteiger partial charge in [-0.1, -0.05) is 6.07 Å². The first-order valence-corrected chi connectivity index (χ1v) is 9.24. The third-order valence-electron chi connectivity index (χ3n) is 3.92. The van der Waals surface area contributed by atoms with E-state index in [1.54, 1.807) is 13.8 Å². The summed E-state index contributed by atoms with van der Waals surface area (Å²) in [6.45, 7) is 3.35. The smallest absolute Gasteiger partial charge is 0.309 e. The molecule has 0 unspecified atom stereocenters. The van der Waals surface area contributed by atoms with Gasteiger partial charge in [0.15, 0.2) is 0 Å². The van der Waals surface area contributed by atoms with E-state index in [1.807, 2.05) is 0 Å². The van der Waals surface area contributed by atoms with Gasteiger partial charge in [0.1, 0.15) is 0 Å². The Balaban J connectivity index is 2.00. The summed E-state index contributed by atoms with van der Waals surface area (Å²) in [6, 6.07) is 5.79. The van der Waals surface area contributed by atoms with Crippen molar-refractivity contribution < 1.29 is 23.1 Å². The molecule has 0 heterocycles. The van der Waals surface area contributed by atoms with E-state index in [9.17, 15) is 18.0 Å². The molecule has 0 spiro atoms. The third kappa shape index (κ3) is 4.78. The number of aliphatic carboxylic acids is 1. The summed E-state index contributed by atoms with van der Waals surface area (Å²) in [5.41, 5.74) is -0.714. The van der Waals surface area contributed by atoms with Crippen LogP contribution in [0.3, 0.4) is 0 Å². The molecule has 8 heteroatoms. The van der Waals surface area contributed by atoms with Crippen LogP contribution in [-0.2, 0) is 14.8 Å². The van der Waals surface area contributed by atoms with Gasteiger partial charge in [-0.3, -0.25) is 9.59 Å². The van der Waals surface area contributed by atoms with Crippen LogP contribution in [0.15, 0.2) is 29.2 Å². The Kier molecular flexibility index (Phi) is 5.29. The minimum absolute atomic E-state index is 0.00858. The van der Waals surface area contributed by atoms with E-state index in [4.69, 9.17) is 5.11 Å². The van der Waals surface area contributed by atoms with E-state index >= 15 is 0 Å². The largest absolute Gasteiger partial charge is 0.481 e. The van der Waals surface area contributed by atoms with Crippen molar-refractivity contribution >= 4 is 21.9 Å². The van der Waals surface area contributed by atoms with E-state index in [0.717, 1.165) is 12.8 Å². The summed E-state index contributed by atoms with van der Waals surface area (Å²) in [7, 11) is -3.62. The molecule has 7 nitrogen and oxygen atoms in total. The van der Waals surface area contributed by atoms with Crippen LogP contribution in [0.1, 0.15) is 43.5 Å². The topological polar surface area (TPSA) is 113 Å². The maximum atomic E-state index is 12.2. The summed E-state index contributed by atoms with van der Waals surface area (Å²) in [5.74, 6) is -1.37. The van der Waals surface area contributed by atoms with Gasteiger partial charge in [-0.2, -0.15) is 0 Å². The Labute approximate surface area is 141 Å². The van der Waals surface area contributed by atoms with Crippen LogP contribution in [0.5, 0.6) is 0 Å².